The first-order chi connectivity index (χ1) is 7.63. The Bertz CT molecular complexity index is 522. The van der Waals surface area contributed by atoms with Gasteiger partial charge in [-0.3, -0.25) is 5.10 Å². The number of nitrogens with two attached hydrogens (primary N) is 1. The molecule has 0 spiro atoms. The first-order valence-electron chi connectivity index (χ1n) is 4.77. The average molecular weight is 238 g/mol. The van der Waals surface area contributed by atoms with Crippen molar-refractivity contribution in [2.45, 2.75) is 6.92 Å². The third kappa shape index (κ3) is 1.72. The zero-order valence-corrected chi connectivity index (χ0v) is 9.80. The van der Waals surface area contributed by atoms with Gasteiger partial charge in [-0.2, -0.15) is 5.10 Å². The van der Waals surface area contributed by atoms with Gasteiger partial charge in [0.1, 0.15) is 11.6 Å². The molecule has 0 bridgehead atoms. The Morgan fingerprint density at radius 1 is 1.38 bits per heavy atom. The highest BCUT2D eigenvalue weighted by Crippen LogP contribution is 2.34. The van der Waals surface area contributed by atoms with Gasteiger partial charge in [-0.15, -0.1) is 0 Å². The lowest BCUT2D eigenvalue weighted by Crippen LogP contribution is -1.92. The number of anilines is 1. The Balaban J connectivity index is 2.64. The molecule has 5 heteroatoms. The highest BCUT2D eigenvalue weighted by molar-refractivity contribution is 6.32. The number of rotatable bonds is 2. The molecule has 0 aliphatic carbocycles. The van der Waals surface area contributed by atoms with Crippen LogP contribution in [0.15, 0.2) is 18.3 Å². The number of H-pyrrole nitrogens is 1. The lowest BCUT2D eigenvalue weighted by Gasteiger charge is -2.09. The van der Waals surface area contributed by atoms with Crippen molar-refractivity contribution in [2.24, 2.45) is 0 Å². The van der Waals surface area contributed by atoms with Crippen LogP contribution in [0.4, 0.5) is 5.82 Å². The second-order valence-corrected chi connectivity index (χ2v) is 3.89. The van der Waals surface area contributed by atoms with Crippen LogP contribution in [-0.4, -0.2) is 17.3 Å². The summed E-state index contributed by atoms with van der Waals surface area (Å²) in [5.41, 5.74) is 8.49. The van der Waals surface area contributed by atoms with Crippen molar-refractivity contribution in [1.82, 2.24) is 10.2 Å². The number of halogens is 1. The molecule has 4 nitrogen and oxygen atoms in total. The molecule has 0 amide bonds. The predicted molar refractivity (Wildman–Crippen MR) is 64.7 cm³/mol. The van der Waals surface area contributed by atoms with Crippen LogP contribution in [-0.2, 0) is 0 Å². The Morgan fingerprint density at radius 2 is 2.12 bits per heavy atom. The number of methoxy groups -OCH3 is 1. The quantitative estimate of drug-likeness (QED) is 0.844. The van der Waals surface area contributed by atoms with Gasteiger partial charge in [0, 0.05) is 10.6 Å². The predicted octanol–water partition coefficient (Wildman–Crippen LogP) is 2.63. The molecule has 0 radical (unpaired) electrons. The fourth-order valence-electron chi connectivity index (χ4n) is 1.56. The van der Waals surface area contributed by atoms with Crippen LogP contribution in [0.1, 0.15) is 5.56 Å². The van der Waals surface area contributed by atoms with Gasteiger partial charge in [0.15, 0.2) is 0 Å². The van der Waals surface area contributed by atoms with Gasteiger partial charge >= 0.3 is 0 Å². The zero-order chi connectivity index (χ0) is 11.7. The lowest BCUT2D eigenvalue weighted by atomic mass is 10.0. The molecule has 1 aromatic carbocycles. The maximum atomic E-state index is 6.12. The van der Waals surface area contributed by atoms with E-state index in [9.17, 15) is 0 Å². The molecule has 1 heterocycles. The van der Waals surface area contributed by atoms with Crippen LogP contribution in [0.2, 0.25) is 5.02 Å². The van der Waals surface area contributed by atoms with E-state index in [1.807, 2.05) is 13.0 Å². The maximum absolute atomic E-state index is 6.12. The Morgan fingerprint density at radius 3 is 2.69 bits per heavy atom. The van der Waals surface area contributed by atoms with Crippen LogP contribution in [0.25, 0.3) is 11.1 Å². The Hall–Kier alpha value is -1.68. The van der Waals surface area contributed by atoms with E-state index in [1.54, 1.807) is 19.4 Å². The molecule has 2 rings (SSSR count). The molecule has 3 N–H and O–H groups in total. The van der Waals surface area contributed by atoms with Crippen molar-refractivity contribution in [2.75, 3.05) is 12.8 Å². The topological polar surface area (TPSA) is 63.9 Å². The second-order valence-electron chi connectivity index (χ2n) is 3.48. The van der Waals surface area contributed by atoms with E-state index < -0.39 is 0 Å². The first kappa shape index (κ1) is 10.8. The molecule has 16 heavy (non-hydrogen) atoms. The van der Waals surface area contributed by atoms with E-state index in [-0.39, 0.29) is 0 Å². The summed E-state index contributed by atoms with van der Waals surface area (Å²) >= 11 is 6.12. The molecular formula is C11H12ClN3O. The number of nitrogens with one attached hydrogen (secondary N) is 1. The molecule has 1 aromatic heterocycles. The normalized spacial score (nSPS) is 10.4. The first-order valence-corrected chi connectivity index (χ1v) is 5.14. The number of hydrogen-bond donors (Lipinski definition) is 2. The largest absolute Gasteiger partial charge is 0.497 e. The molecule has 0 aliphatic heterocycles. The number of hydrogen-bond acceptors (Lipinski definition) is 3. The number of nitrogen functional groups attached to an aromatic ring is 1. The monoisotopic (exact) mass is 237 g/mol. The number of aromatic amines is 1. The SMILES string of the molecule is COc1cc(Cl)c(C)c(-c2cn[nH]c2N)c1. The fraction of sp³-hybridized carbons (Fsp3) is 0.182. The summed E-state index contributed by atoms with van der Waals surface area (Å²) in [6.45, 7) is 1.93. The van der Waals surface area contributed by atoms with Crippen molar-refractivity contribution in [1.29, 1.82) is 0 Å². The molecule has 84 valence electrons. The molecular weight excluding hydrogens is 226 g/mol. The molecule has 0 saturated heterocycles. The third-order valence-corrected chi connectivity index (χ3v) is 2.91. The van der Waals surface area contributed by atoms with Crippen LogP contribution in [0, 0.1) is 6.92 Å². The van der Waals surface area contributed by atoms with Crippen molar-refractivity contribution < 1.29 is 4.74 Å². The fourth-order valence-corrected chi connectivity index (χ4v) is 1.77. The zero-order valence-electron chi connectivity index (χ0n) is 9.04. The van der Waals surface area contributed by atoms with E-state index >= 15 is 0 Å². The molecule has 0 aliphatic rings. The van der Waals surface area contributed by atoms with E-state index in [4.69, 9.17) is 22.1 Å². The van der Waals surface area contributed by atoms with E-state index in [1.165, 1.54) is 0 Å². The minimum Gasteiger partial charge on any atom is -0.497 e. The summed E-state index contributed by atoms with van der Waals surface area (Å²) in [4.78, 5) is 0. The maximum Gasteiger partial charge on any atom is 0.126 e. The summed E-state index contributed by atoms with van der Waals surface area (Å²) in [7, 11) is 1.60. The molecule has 2 aromatic rings. The second kappa shape index (κ2) is 4.06. The van der Waals surface area contributed by atoms with E-state index in [0.29, 0.717) is 16.6 Å². The summed E-state index contributed by atoms with van der Waals surface area (Å²) in [5, 5.41) is 7.23. The minimum atomic E-state index is 0.521. The van der Waals surface area contributed by atoms with E-state index in [0.717, 1.165) is 16.7 Å². The van der Waals surface area contributed by atoms with Crippen molar-refractivity contribution >= 4 is 17.4 Å². The number of ether oxygens (including phenoxy) is 1. The van der Waals surface area contributed by atoms with Crippen LogP contribution < -0.4 is 10.5 Å². The average Bonchev–Trinajstić information content (AvgIpc) is 2.68. The third-order valence-electron chi connectivity index (χ3n) is 2.51. The molecule has 0 fully saturated rings. The lowest BCUT2D eigenvalue weighted by molar-refractivity contribution is 0.415. The number of benzene rings is 1. The van der Waals surface area contributed by atoms with Crippen LogP contribution in [0.5, 0.6) is 5.75 Å². The van der Waals surface area contributed by atoms with Gasteiger partial charge in [-0.25, -0.2) is 0 Å². The highest BCUT2D eigenvalue weighted by atomic mass is 35.5. The van der Waals surface area contributed by atoms with Gasteiger partial charge in [0.05, 0.1) is 13.3 Å². The standard InChI is InChI=1S/C11H12ClN3O/c1-6-8(9-5-14-15-11(9)13)3-7(16-2)4-10(6)12/h3-5H,1-2H3,(H3,13,14,15). The van der Waals surface area contributed by atoms with Gasteiger partial charge in [-0.05, 0) is 30.2 Å². The van der Waals surface area contributed by atoms with Crippen LogP contribution in [0.3, 0.4) is 0 Å². The van der Waals surface area contributed by atoms with Gasteiger partial charge < -0.3 is 10.5 Å². The van der Waals surface area contributed by atoms with Crippen molar-refractivity contribution in [3.63, 3.8) is 0 Å². The molecule has 0 saturated carbocycles. The molecule has 0 atom stereocenters. The van der Waals surface area contributed by atoms with Crippen molar-refractivity contribution in [3.05, 3.63) is 28.9 Å². The summed E-state index contributed by atoms with van der Waals surface area (Å²) in [6.07, 6.45) is 1.67. The Labute approximate surface area is 98.4 Å². The smallest absolute Gasteiger partial charge is 0.126 e. The summed E-state index contributed by atoms with van der Waals surface area (Å²) in [6, 6.07) is 3.67. The van der Waals surface area contributed by atoms with Gasteiger partial charge in [0.25, 0.3) is 0 Å². The Kier molecular flexibility index (Phi) is 2.75. The van der Waals surface area contributed by atoms with Gasteiger partial charge in [-0.1, -0.05) is 11.6 Å². The number of aromatic nitrogens is 2. The highest BCUT2D eigenvalue weighted by Gasteiger charge is 2.12. The summed E-state index contributed by atoms with van der Waals surface area (Å²) < 4.78 is 5.17. The minimum absolute atomic E-state index is 0.521. The van der Waals surface area contributed by atoms with Gasteiger partial charge in [0.2, 0.25) is 0 Å². The molecule has 0 unspecified atom stereocenters. The van der Waals surface area contributed by atoms with Crippen LogP contribution >= 0.6 is 11.6 Å². The number of nitrogens with zero attached hydrogens (tertiary/aromatic N) is 1. The van der Waals surface area contributed by atoms with E-state index in [2.05, 4.69) is 10.2 Å². The summed E-state index contributed by atoms with van der Waals surface area (Å²) in [5.74, 6) is 1.22. The van der Waals surface area contributed by atoms with Crippen molar-refractivity contribution in [3.8, 4) is 16.9 Å².